The van der Waals surface area contributed by atoms with Gasteiger partial charge in [0, 0.05) is 10.6 Å². The Bertz CT molecular complexity index is 613. The Kier molecular flexibility index (Phi) is 4.22. The smallest absolute Gasteiger partial charge is 0.258 e. The second-order valence-corrected chi connectivity index (χ2v) is 5.00. The molecular weight excluding hydrogens is 261 g/mol. The fourth-order valence-electron chi connectivity index (χ4n) is 1.72. The molecule has 0 aliphatic heterocycles. The molecule has 0 aliphatic rings. The number of hydrogen-bond acceptors (Lipinski definition) is 2. The molecule has 0 aliphatic carbocycles. The van der Waals surface area contributed by atoms with Crippen molar-refractivity contribution in [3.8, 4) is 0 Å². The van der Waals surface area contributed by atoms with Crippen LogP contribution in [0.4, 0.5) is 10.1 Å². The summed E-state index contributed by atoms with van der Waals surface area (Å²) in [5.41, 5.74) is 1.19. The molecule has 0 atom stereocenters. The zero-order valence-electron chi connectivity index (χ0n) is 10.7. The van der Waals surface area contributed by atoms with Crippen molar-refractivity contribution >= 4 is 23.4 Å². The molecule has 0 unspecified atom stereocenters. The van der Waals surface area contributed by atoms with E-state index in [-0.39, 0.29) is 5.56 Å². The van der Waals surface area contributed by atoms with Crippen molar-refractivity contribution in [3.05, 3.63) is 59.4 Å². The number of carbonyl (C=O) groups is 1. The fourth-order valence-corrected chi connectivity index (χ4v) is 2.18. The van der Waals surface area contributed by atoms with Crippen molar-refractivity contribution in [3.63, 3.8) is 0 Å². The number of amides is 1. The van der Waals surface area contributed by atoms with Gasteiger partial charge in [0.05, 0.1) is 5.56 Å². The van der Waals surface area contributed by atoms with Gasteiger partial charge in [0.2, 0.25) is 0 Å². The first-order valence-corrected chi connectivity index (χ1v) is 7.05. The van der Waals surface area contributed by atoms with E-state index in [1.165, 1.54) is 6.07 Å². The molecule has 4 heteroatoms. The Labute approximate surface area is 116 Å². The number of anilines is 1. The zero-order valence-corrected chi connectivity index (χ0v) is 11.6. The van der Waals surface area contributed by atoms with Crippen LogP contribution in [0.2, 0.25) is 0 Å². The van der Waals surface area contributed by atoms with Crippen LogP contribution in [0.15, 0.2) is 47.4 Å². The predicted octanol–water partition coefficient (Wildman–Crippen LogP) is 4.11. The van der Waals surface area contributed by atoms with Crippen LogP contribution in [0.25, 0.3) is 0 Å². The molecule has 0 fully saturated rings. The molecule has 2 aromatic rings. The Hall–Kier alpha value is -1.81. The van der Waals surface area contributed by atoms with E-state index in [0.29, 0.717) is 11.3 Å². The summed E-state index contributed by atoms with van der Waals surface area (Å²) < 4.78 is 13.8. The molecule has 19 heavy (non-hydrogen) atoms. The fraction of sp³-hybridized carbons (Fsp3) is 0.133. The Morgan fingerprint density at radius 1 is 1.21 bits per heavy atom. The van der Waals surface area contributed by atoms with Crippen molar-refractivity contribution in [2.75, 3.05) is 11.6 Å². The number of rotatable bonds is 3. The number of thioether (sulfide) groups is 1. The number of carbonyl (C=O) groups excluding carboxylic acids is 1. The Balaban J connectivity index is 2.23. The molecule has 0 heterocycles. The summed E-state index contributed by atoms with van der Waals surface area (Å²) in [6.07, 6.45) is 1.96. The van der Waals surface area contributed by atoms with E-state index in [1.54, 1.807) is 36.9 Å². The van der Waals surface area contributed by atoms with Crippen LogP contribution in [0, 0.1) is 12.7 Å². The first kappa shape index (κ1) is 13.6. The molecule has 0 spiro atoms. The van der Waals surface area contributed by atoms with Crippen LogP contribution >= 0.6 is 11.8 Å². The van der Waals surface area contributed by atoms with Gasteiger partial charge in [-0.1, -0.05) is 18.2 Å². The summed E-state index contributed by atoms with van der Waals surface area (Å²) in [5, 5.41) is 2.71. The van der Waals surface area contributed by atoms with E-state index >= 15 is 0 Å². The third-order valence-corrected chi connectivity index (χ3v) is 3.49. The minimum absolute atomic E-state index is 0.0644. The lowest BCUT2D eigenvalue weighted by Crippen LogP contribution is -2.14. The van der Waals surface area contributed by atoms with Gasteiger partial charge >= 0.3 is 0 Å². The SMILES string of the molecule is CSc1cccc(NC(=O)c2cccc(C)c2F)c1. The van der Waals surface area contributed by atoms with Crippen LogP contribution < -0.4 is 5.32 Å². The molecule has 0 bridgehead atoms. The third-order valence-electron chi connectivity index (χ3n) is 2.76. The van der Waals surface area contributed by atoms with Crippen molar-refractivity contribution in [2.24, 2.45) is 0 Å². The highest BCUT2D eigenvalue weighted by atomic mass is 32.2. The topological polar surface area (TPSA) is 29.1 Å². The summed E-state index contributed by atoms with van der Waals surface area (Å²) in [6.45, 7) is 1.64. The lowest BCUT2D eigenvalue weighted by atomic mass is 10.1. The lowest BCUT2D eigenvalue weighted by Gasteiger charge is -2.08. The van der Waals surface area contributed by atoms with Crippen LogP contribution in [-0.4, -0.2) is 12.2 Å². The number of halogens is 1. The standard InChI is InChI=1S/C15H14FNOS/c1-10-5-3-8-13(14(10)16)15(18)17-11-6-4-7-12(9-11)19-2/h3-9H,1-2H3,(H,17,18). The molecule has 2 aromatic carbocycles. The zero-order chi connectivity index (χ0) is 13.8. The summed E-state index contributed by atoms with van der Waals surface area (Å²) >= 11 is 1.59. The van der Waals surface area contributed by atoms with E-state index in [2.05, 4.69) is 5.32 Å². The highest BCUT2D eigenvalue weighted by Crippen LogP contribution is 2.20. The number of hydrogen-bond donors (Lipinski definition) is 1. The van der Waals surface area contributed by atoms with E-state index in [4.69, 9.17) is 0 Å². The van der Waals surface area contributed by atoms with Crippen LogP contribution in [0.3, 0.4) is 0 Å². The van der Waals surface area contributed by atoms with Gasteiger partial charge in [0.1, 0.15) is 5.82 Å². The van der Waals surface area contributed by atoms with Crippen LogP contribution in [0.1, 0.15) is 15.9 Å². The van der Waals surface area contributed by atoms with E-state index < -0.39 is 11.7 Å². The van der Waals surface area contributed by atoms with Crippen molar-refractivity contribution < 1.29 is 9.18 Å². The Morgan fingerprint density at radius 2 is 1.95 bits per heavy atom. The molecule has 0 aromatic heterocycles. The molecule has 0 saturated heterocycles. The average Bonchev–Trinajstić information content (AvgIpc) is 2.42. The van der Waals surface area contributed by atoms with Gasteiger partial charge in [-0.15, -0.1) is 11.8 Å². The largest absolute Gasteiger partial charge is 0.322 e. The van der Waals surface area contributed by atoms with Crippen molar-refractivity contribution in [1.82, 2.24) is 0 Å². The van der Waals surface area contributed by atoms with Crippen molar-refractivity contribution in [2.45, 2.75) is 11.8 Å². The first-order valence-electron chi connectivity index (χ1n) is 5.82. The highest BCUT2D eigenvalue weighted by molar-refractivity contribution is 7.98. The molecule has 2 rings (SSSR count). The Morgan fingerprint density at radius 3 is 2.68 bits per heavy atom. The van der Waals surface area contributed by atoms with Gasteiger partial charge in [-0.3, -0.25) is 4.79 Å². The van der Waals surface area contributed by atoms with E-state index in [9.17, 15) is 9.18 Å². The van der Waals surface area contributed by atoms with Gasteiger partial charge in [-0.05, 0) is 43.0 Å². The third kappa shape index (κ3) is 3.15. The molecule has 1 N–H and O–H groups in total. The quantitative estimate of drug-likeness (QED) is 0.854. The van der Waals surface area contributed by atoms with Crippen LogP contribution in [-0.2, 0) is 0 Å². The minimum Gasteiger partial charge on any atom is -0.322 e. The second-order valence-electron chi connectivity index (χ2n) is 4.12. The van der Waals surface area contributed by atoms with E-state index in [0.717, 1.165) is 4.90 Å². The highest BCUT2D eigenvalue weighted by Gasteiger charge is 2.13. The van der Waals surface area contributed by atoms with Gasteiger partial charge in [-0.2, -0.15) is 0 Å². The number of aryl methyl sites for hydroxylation is 1. The summed E-state index contributed by atoms with van der Waals surface area (Å²) in [6, 6.07) is 12.2. The molecule has 1 amide bonds. The average molecular weight is 275 g/mol. The van der Waals surface area contributed by atoms with Gasteiger partial charge < -0.3 is 5.32 Å². The molecule has 98 valence electrons. The van der Waals surface area contributed by atoms with E-state index in [1.807, 2.05) is 24.5 Å². The first-order chi connectivity index (χ1) is 9.11. The molecular formula is C15H14FNOS. The summed E-state index contributed by atoms with van der Waals surface area (Å²) in [4.78, 5) is 13.1. The maximum atomic E-state index is 13.8. The van der Waals surface area contributed by atoms with Crippen LogP contribution in [0.5, 0.6) is 0 Å². The number of benzene rings is 2. The van der Waals surface area contributed by atoms with Crippen molar-refractivity contribution in [1.29, 1.82) is 0 Å². The van der Waals surface area contributed by atoms with Gasteiger partial charge in [0.25, 0.3) is 5.91 Å². The van der Waals surface area contributed by atoms with Gasteiger partial charge in [-0.25, -0.2) is 4.39 Å². The monoisotopic (exact) mass is 275 g/mol. The minimum atomic E-state index is -0.471. The maximum Gasteiger partial charge on any atom is 0.258 e. The molecule has 0 radical (unpaired) electrons. The lowest BCUT2D eigenvalue weighted by molar-refractivity contribution is 0.102. The normalized spacial score (nSPS) is 10.3. The van der Waals surface area contributed by atoms with Gasteiger partial charge in [0.15, 0.2) is 0 Å². The number of nitrogens with one attached hydrogen (secondary N) is 1. The molecule has 0 saturated carbocycles. The molecule has 2 nitrogen and oxygen atoms in total. The second kappa shape index (κ2) is 5.89. The summed E-state index contributed by atoms with van der Waals surface area (Å²) in [5.74, 6) is -0.902. The summed E-state index contributed by atoms with van der Waals surface area (Å²) in [7, 11) is 0. The maximum absolute atomic E-state index is 13.8. The predicted molar refractivity (Wildman–Crippen MR) is 77.3 cm³/mol.